The summed E-state index contributed by atoms with van der Waals surface area (Å²) in [4.78, 5) is 15.3. The van der Waals surface area contributed by atoms with Gasteiger partial charge in [0, 0.05) is 12.8 Å². The molecule has 1 aliphatic rings. The Morgan fingerprint density at radius 2 is 2.12 bits per heavy atom. The zero-order chi connectivity index (χ0) is 16.8. The zero-order valence-corrected chi connectivity index (χ0v) is 13.4. The highest BCUT2D eigenvalue weighted by atomic mass is 16.5. The maximum absolute atomic E-state index is 11.1. The molecule has 0 bridgehead atoms. The van der Waals surface area contributed by atoms with Gasteiger partial charge in [0.25, 0.3) is 0 Å². The van der Waals surface area contributed by atoms with Gasteiger partial charge in [-0.1, -0.05) is 30.3 Å². The Morgan fingerprint density at radius 1 is 1.29 bits per heavy atom. The van der Waals surface area contributed by atoms with Crippen LogP contribution in [0.15, 0.2) is 48.7 Å². The van der Waals surface area contributed by atoms with Crippen LogP contribution in [0.1, 0.15) is 22.3 Å². The molecule has 2 aromatic rings. The van der Waals surface area contributed by atoms with Gasteiger partial charge in [0.2, 0.25) is 5.91 Å². The molecule has 1 saturated heterocycles. The Bertz CT molecular complexity index is 661. The van der Waals surface area contributed by atoms with Crippen LogP contribution >= 0.6 is 0 Å². The number of aromatic nitrogens is 1. The van der Waals surface area contributed by atoms with E-state index in [1.54, 1.807) is 12.1 Å². The Balaban J connectivity index is 1.60. The van der Waals surface area contributed by atoms with E-state index in [2.05, 4.69) is 10.3 Å². The molecule has 0 spiro atoms. The van der Waals surface area contributed by atoms with Gasteiger partial charge in [0.05, 0.1) is 30.9 Å². The van der Waals surface area contributed by atoms with Gasteiger partial charge in [-0.25, -0.2) is 4.98 Å². The number of rotatable bonds is 6. The van der Waals surface area contributed by atoms with Crippen LogP contribution in [0.3, 0.4) is 0 Å². The molecule has 24 heavy (non-hydrogen) atoms. The van der Waals surface area contributed by atoms with Crippen molar-refractivity contribution in [2.45, 2.75) is 25.2 Å². The standard InChI is InChI=1S/C18H21N3O3/c19-18(22)14-6-7-17(20-10-14)21-15-12-23-9-8-16(15)24-11-13-4-2-1-3-5-13/h1-7,10,15-16H,8-9,11-12H2,(H2,19,22)(H,20,21)/t15-,16+/m1/s1. The van der Waals surface area contributed by atoms with Gasteiger partial charge >= 0.3 is 0 Å². The number of anilines is 1. The Hall–Kier alpha value is -2.44. The van der Waals surface area contributed by atoms with E-state index in [0.29, 0.717) is 31.2 Å². The fourth-order valence-electron chi connectivity index (χ4n) is 2.64. The first kappa shape index (κ1) is 16.4. The van der Waals surface area contributed by atoms with Crippen molar-refractivity contribution in [1.82, 2.24) is 4.98 Å². The Morgan fingerprint density at radius 3 is 2.83 bits per heavy atom. The van der Waals surface area contributed by atoms with Gasteiger partial charge in [-0.2, -0.15) is 0 Å². The van der Waals surface area contributed by atoms with Crippen molar-refractivity contribution >= 4 is 11.7 Å². The summed E-state index contributed by atoms with van der Waals surface area (Å²) in [7, 11) is 0. The van der Waals surface area contributed by atoms with Gasteiger partial charge in [0.15, 0.2) is 0 Å². The number of hydrogen-bond acceptors (Lipinski definition) is 5. The average molecular weight is 327 g/mol. The summed E-state index contributed by atoms with van der Waals surface area (Å²) in [5.74, 6) is 0.183. The van der Waals surface area contributed by atoms with Crippen LogP contribution in [0.4, 0.5) is 5.82 Å². The van der Waals surface area contributed by atoms with Gasteiger partial charge in [-0.05, 0) is 24.1 Å². The van der Waals surface area contributed by atoms with Gasteiger partial charge in [0.1, 0.15) is 5.82 Å². The summed E-state index contributed by atoms with van der Waals surface area (Å²) >= 11 is 0. The zero-order valence-electron chi connectivity index (χ0n) is 13.4. The number of carbonyl (C=O) groups is 1. The lowest BCUT2D eigenvalue weighted by Gasteiger charge is -2.32. The van der Waals surface area contributed by atoms with E-state index >= 15 is 0 Å². The number of primary amides is 1. The molecular weight excluding hydrogens is 306 g/mol. The smallest absolute Gasteiger partial charge is 0.250 e. The van der Waals surface area contributed by atoms with Crippen LogP contribution in [0, 0.1) is 0 Å². The van der Waals surface area contributed by atoms with E-state index in [1.165, 1.54) is 6.20 Å². The van der Waals surface area contributed by atoms with Crippen molar-refractivity contribution in [3.8, 4) is 0 Å². The second kappa shape index (κ2) is 7.90. The van der Waals surface area contributed by atoms with Crippen LogP contribution in [0.25, 0.3) is 0 Å². The van der Waals surface area contributed by atoms with Crippen molar-refractivity contribution in [2.75, 3.05) is 18.5 Å². The molecule has 1 aromatic carbocycles. The second-order valence-corrected chi connectivity index (χ2v) is 5.75. The topological polar surface area (TPSA) is 86.5 Å². The van der Waals surface area contributed by atoms with Crippen molar-refractivity contribution in [3.05, 3.63) is 59.8 Å². The first-order chi connectivity index (χ1) is 11.7. The maximum Gasteiger partial charge on any atom is 0.250 e. The Kier molecular flexibility index (Phi) is 5.40. The van der Waals surface area contributed by atoms with Crippen LogP contribution in [0.2, 0.25) is 0 Å². The lowest BCUT2D eigenvalue weighted by molar-refractivity contribution is -0.0478. The summed E-state index contributed by atoms with van der Waals surface area (Å²) < 4.78 is 11.6. The number of pyridine rings is 1. The average Bonchev–Trinajstić information content (AvgIpc) is 2.62. The molecule has 0 saturated carbocycles. The third kappa shape index (κ3) is 4.31. The number of nitrogens with zero attached hydrogens (tertiary/aromatic N) is 1. The third-order valence-corrected chi connectivity index (χ3v) is 3.98. The van der Waals surface area contributed by atoms with Crippen molar-refractivity contribution in [2.24, 2.45) is 5.73 Å². The minimum absolute atomic E-state index is 0.00869. The highest BCUT2D eigenvalue weighted by Crippen LogP contribution is 2.18. The summed E-state index contributed by atoms with van der Waals surface area (Å²) in [6.45, 7) is 1.81. The lowest BCUT2D eigenvalue weighted by atomic mass is 10.1. The fourth-order valence-corrected chi connectivity index (χ4v) is 2.64. The SMILES string of the molecule is NC(=O)c1ccc(N[C@@H]2COCC[C@@H]2OCc2ccccc2)nc1. The van der Waals surface area contributed by atoms with E-state index in [0.717, 1.165) is 12.0 Å². The molecular formula is C18H21N3O3. The Labute approximate surface area is 141 Å². The number of hydrogen-bond donors (Lipinski definition) is 2. The first-order valence-electron chi connectivity index (χ1n) is 7.98. The van der Waals surface area contributed by atoms with Crippen LogP contribution < -0.4 is 11.1 Å². The van der Waals surface area contributed by atoms with Crippen LogP contribution in [0.5, 0.6) is 0 Å². The quantitative estimate of drug-likeness (QED) is 0.847. The van der Waals surface area contributed by atoms with Gasteiger partial charge in [-0.3, -0.25) is 4.79 Å². The molecule has 1 amide bonds. The predicted octanol–water partition coefficient (Wildman–Crippen LogP) is 1.97. The van der Waals surface area contributed by atoms with Gasteiger partial charge < -0.3 is 20.5 Å². The number of ether oxygens (including phenoxy) is 2. The summed E-state index contributed by atoms with van der Waals surface area (Å²) in [6.07, 6.45) is 2.33. The van der Waals surface area contributed by atoms with Crippen LogP contribution in [-0.4, -0.2) is 36.3 Å². The number of nitrogens with two attached hydrogens (primary N) is 1. The first-order valence-corrected chi connectivity index (χ1v) is 7.98. The van der Waals surface area contributed by atoms with Crippen molar-refractivity contribution in [3.63, 3.8) is 0 Å². The van der Waals surface area contributed by atoms with Crippen molar-refractivity contribution in [1.29, 1.82) is 0 Å². The molecule has 1 aromatic heterocycles. The molecule has 6 heteroatoms. The summed E-state index contributed by atoms with van der Waals surface area (Å²) in [5, 5.41) is 3.32. The third-order valence-electron chi connectivity index (χ3n) is 3.98. The molecule has 3 N–H and O–H groups in total. The molecule has 126 valence electrons. The molecule has 0 aliphatic carbocycles. The van der Waals surface area contributed by atoms with Gasteiger partial charge in [-0.15, -0.1) is 0 Å². The molecule has 0 unspecified atom stereocenters. The number of carbonyl (C=O) groups excluding carboxylic acids is 1. The normalized spacial score (nSPS) is 20.5. The minimum atomic E-state index is -0.487. The van der Waals surface area contributed by atoms with E-state index in [9.17, 15) is 4.79 Å². The summed E-state index contributed by atoms with van der Waals surface area (Å²) in [6, 6.07) is 13.5. The molecule has 6 nitrogen and oxygen atoms in total. The van der Waals surface area contributed by atoms with E-state index in [1.807, 2.05) is 30.3 Å². The van der Waals surface area contributed by atoms with Crippen LogP contribution in [-0.2, 0) is 16.1 Å². The number of benzene rings is 1. The number of nitrogens with one attached hydrogen (secondary N) is 1. The van der Waals surface area contributed by atoms with Crippen molar-refractivity contribution < 1.29 is 14.3 Å². The minimum Gasteiger partial charge on any atom is -0.379 e. The predicted molar refractivity (Wildman–Crippen MR) is 90.6 cm³/mol. The fraction of sp³-hybridized carbons (Fsp3) is 0.333. The maximum atomic E-state index is 11.1. The monoisotopic (exact) mass is 327 g/mol. The summed E-state index contributed by atoms with van der Waals surface area (Å²) in [5.41, 5.74) is 6.76. The van der Waals surface area contributed by atoms with E-state index < -0.39 is 5.91 Å². The molecule has 1 aliphatic heterocycles. The second-order valence-electron chi connectivity index (χ2n) is 5.75. The molecule has 1 fully saturated rings. The molecule has 0 radical (unpaired) electrons. The molecule has 2 atom stereocenters. The van der Waals surface area contributed by atoms with E-state index in [-0.39, 0.29) is 12.1 Å². The van der Waals surface area contributed by atoms with E-state index in [4.69, 9.17) is 15.2 Å². The highest BCUT2D eigenvalue weighted by molar-refractivity contribution is 5.92. The molecule has 2 heterocycles. The number of amides is 1. The lowest BCUT2D eigenvalue weighted by Crippen LogP contribution is -2.44. The highest BCUT2D eigenvalue weighted by Gasteiger charge is 2.26. The largest absolute Gasteiger partial charge is 0.379 e. The molecule has 3 rings (SSSR count).